The average molecular weight is 301 g/mol. The van der Waals surface area contributed by atoms with E-state index in [-0.39, 0.29) is 11.3 Å². The molecule has 110 valence electrons. The second kappa shape index (κ2) is 4.93. The van der Waals surface area contributed by atoms with Crippen LogP contribution < -0.4 is 0 Å². The van der Waals surface area contributed by atoms with E-state index in [1.54, 1.807) is 0 Å². The Balaban J connectivity index is 2.57. The number of benzene rings is 1. The van der Waals surface area contributed by atoms with Gasteiger partial charge in [-0.1, -0.05) is 0 Å². The van der Waals surface area contributed by atoms with E-state index >= 15 is 0 Å². The Bertz CT molecular complexity index is 720. The molecular formula is C12H6F3NO5. The minimum Gasteiger partial charge on any atom is -0.475 e. The first kappa shape index (κ1) is 14.6. The number of hydrogen-bond donors (Lipinski definition) is 1. The molecule has 1 N–H and O–H groups in total. The first-order valence-electron chi connectivity index (χ1n) is 5.39. The summed E-state index contributed by atoms with van der Waals surface area (Å²) in [6.07, 6.45) is -4.72. The summed E-state index contributed by atoms with van der Waals surface area (Å²) in [5.41, 5.74) is -2.24. The van der Waals surface area contributed by atoms with Crippen molar-refractivity contribution < 1.29 is 32.4 Å². The number of carbonyl (C=O) groups is 1. The molecule has 21 heavy (non-hydrogen) atoms. The van der Waals surface area contributed by atoms with Crippen molar-refractivity contribution >= 4 is 11.7 Å². The summed E-state index contributed by atoms with van der Waals surface area (Å²) in [7, 11) is 0. The molecule has 0 bridgehead atoms. The number of rotatable bonds is 3. The van der Waals surface area contributed by atoms with Crippen LogP contribution >= 0.6 is 0 Å². The second-order valence-electron chi connectivity index (χ2n) is 3.96. The van der Waals surface area contributed by atoms with E-state index in [1.807, 2.05) is 0 Å². The summed E-state index contributed by atoms with van der Waals surface area (Å²) >= 11 is 0. The Morgan fingerprint density at radius 1 is 1.24 bits per heavy atom. The smallest absolute Gasteiger partial charge is 0.416 e. The van der Waals surface area contributed by atoms with Crippen LogP contribution in [-0.2, 0) is 6.18 Å². The number of halogens is 3. The summed E-state index contributed by atoms with van der Waals surface area (Å²) < 4.78 is 42.5. The Labute approximate surface area is 114 Å². The van der Waals surface area contributed by atoms with Crippen molar-refractivity contribution in [2.75, 3.05) is 0 Å². The van der Waals surface area contributed by atoms with Gasteiger partial charge in [-0.25, -0.2) is 4.79 Å². The van der Waals surface area contributed by atoms with Gasteiger partial charge in [0.1, 0.15) is 5.76 Å². The van der Waals surface area contributed by atoms with E-state index in [0.29, 0.717) is 12.1 Å². The van der Waals surface area contributed by atoms with Crippen molar-refractivity contribution in [2.45, 2.75) is 6.18 Å². The number of carboxylic acids is 1. The molecule has 0 atom stereocenters. The van der Waals surface area contributed by atoms with Crippen LogP contribution in [0.3, 0.4) is 0 Å². The third-order valence-electron chi connectivity index (χ3n) is 2.60. The van der Waals surface area contributed by atoms with Crippen molar-refractivity contribution in [2.24, 2.45) is 0 Å². The molecule has 0 aliphatic carbocycles. The molecule has 0 unspecified atom stereocenters. The van der Waals surface area contributed by atoms with E-state index in [9.17, 15) is 28.1 Å². The summed E-state index contributed by atoms with van der Waals surface area (Å²) in [4.78, 5) is 20.6. The molecule has 9 heteroatoms. The largest absolute Gasteiger partial charge is 0.475 e. The van der Waals surface area contributed by atoms with Crippen LogP contribution in [0.5, 0.6) is 0 Å². The van der Waals surface area contributed by atoms with Gasteiger partial charge in [0.05, 0.1) is 16.1 Å². The maximum absolute atomic E-state index is 12.6. The highest BCUT2D eigenvalue weighted by atomic mass is 19.4. The number of hydrogen-bond acceptors (Lipinski definition) is 4. The number of nitro benzene ring substituents is 1. The predicted octanol–water partition coefficient (Wildman–Crippen LogP) is 3.57. The molecule has 0 saturated carbocycles. The zero-order valence-corrected chi connectivity index (χ0v) is 10.0. The lowest BCUT2D eigenvalue weighted by atomic mass is 10.1. The monoisotopic (exact) mass is 301 g/mol. The lowest BCUT2D eigenvalue weighted by Gasteiger charge is -2.07. The van der Waals surface area contributed by atoms with Crippen molar-refractivity contribution in [3.63, 3.8) is 0 Å². The van der Waals surface area contributed by atoms with Crippen LogP contribution in [0, 0.1) is 10.1 Å². The molecule has 1 aromatic carbocycles. The number of nitro groups is 1. The molecule has 0 radical (unpaired) electrons. The third kappa shape index (κ3) is 2.86. The topological polar surface area (TPSA) is 93.6 Å². The van der Waals surface area contributed by atoms with Crippen molar-refractivity contribution in [3.8, 4) is 11.3 Å². The van der Waals surface area contributed by atoms with Gasteiger partial charge < -0.3 is 9.52 Å². The van der Waals surface area contributed by atoms with Crippen LogP contribution in [0.4, 0.5) is 18.9 Å². The predicted molar refractivity (Wildman–Crippen MR) is 62.8 cm³/mol. The van der Waals surface area contributed by atoms with Gasteiger partial charge in [-0.3, -0.25) is 10.1 Å². The quantitative estimate of drug-likeness (QED) is 0.691. The zero-order valence-electron chi connectivity index (χ0n) is 10.0. The lowest BCUT2D eigenvalue weighted by Crippen LogP contribution is -2.06. The fourth-order valence-electron chi connectivity index (χ4n) is 1.66. The molecule has 0 aliphatic heterocycles. The number of alkyl halides is 3. The SMILES string of the molecule is O=C(O)c1ccc(-c2ccc(C(F)(F)F)cc2[N+](=O)[O-])o1. The van der Waals surface area contributed by atoms with E-state index in [4.69, 9.17) is 9.52 Å². The van der Waals surface area contributed by atoms with Gasteiger partial charge >= 0.3 is 12.1 Å². The molecule has 2 rings (SSSR count). The average Bonchev–Trinajstić information content (AvgIpc) is 2.86. The molecule has 0 spiro atoms. The highest BCUT2D eigenvalue weighted by Gasteiger charge is 2.33. The van der Waals surface area contributed by atoms with Gasteiger partial charge in [0.2, 0.25) is 5.76 Å². The van der Waals surface area contributed by atoms with Crippen LogP contribution in [0.15, 0.2) is 34.7 Å². The molecule has 2 aromatic rings. The van der Waals surface area contributed by atoms with Gasteiger partial charge in [0.15, 0.2) is 0 Å². The zero-order chi connectivity index (χ0) is 15.8. The molecule has 6 nitrogen and oxygen atoms in total. The summed E-state index contributed by atoms with van der Waals surface area (Å²) in [5.74, 6) is -2.07. The Morgan fingerprint density at radius 3 is 2.38 bits per heavy atom. The lowest BCUT2D eigenvalue weighted by molar-refractivity contribution is -0.384. The van der Waals surface area contributed by atoms with E-state index in [0.717, 1.165) is 18.2 Å². The summed E-state index contributed by atoms with van der Waals surface area (Å²) in [6, 6.07) is 4.09. The normalized spacial score (nSPS) is 11.4. The maximum Gasteiger partial charge on any atom is 0.416 e. The third-order valence-corrected chi connectivity index (χ3v) is 2.60. The molecule has 0 aliphatic rings. The maximum atomic E-state index is 12.6. The minimum absolute atomic E-state index is 0.201. The second-order valence-corrected chi connectivity index (χ2v) is 3.96. The number of carboxylic acid groups (broad SMARTS) is 1. The molecule has 1 aromatic heterocycles. The van der Waals surface area contributed by atoms with Crippen molar-refractivity contribution in [1.29, 1.82) is 0 Å². The fourth-order valence-corrected chi connectivity index (χ4v) is 1.66. The van der Waals surface area contributed by atoms with Crippen molar-refractivity contribution in [1.82, 2.24) is 0 Å². The van der Waals surface area contributed by atoms with Gasteiger partial charge in [0, 0.05) is 6.07 Å². The highest BCUT2D eigenvalue weighted by Crippen LogP contribution is 2.37. The molecule has 0 saturated heterocycles. The Kier molecular flexibility index (Phi) is 3.42. The van der Waals surface area contributed by atoms with Crippen LogP contribution in [0.25, 0.3) is 11.3 Å². The van der Waals surface area contributed by atoms with Crippen LogP contribution in [-0.4, -0.2) is 16.0 Å². The minimum atomic E-state index is -4.72. The highest BCUT2D eigenvalue weighted by molar-refractivity contribution is 5.85. The molecule has 0 fully saturated rings. The fraction of sp³-hybridized carbons (Fsp3) is 0.0833. The van der Waals surface area contributed by atoms with Crippen molar-refractivity contribution in [3.05, 3.63) is 51.8 Å². The van der Waals surface area contributed by atoms with E-state index in [2.05, 4.69) is 0 Å². The van der Waals surface area contributed by atoms with Gasteiger partial charge in [-0.15, -0.1) is 0 Å². The van der Waals surface area contributed by atoms with Gasteiger partial charge in [0.25, 0.3) is 5.69 Å². The molecule has 1 heterocycles. The number of aromatic carboxylic acids is 1. The molecule has 0 amide bonds. The van der Waals surface area contributed by atoms with Gasteiger partial charge in [-0.05, 0) is 24.3 Å². The number of furan rings is 1. The summed E-state index contributed by atoms with van der Waals surface area (Å²) in [6.45, 7) is 0. The van der Waals surface area contributed by atoms with E-state index < -0.39 is 34.1 Å². The molecular weight excluding hydrogens is 295 g/mol. The Morgan fingerprint density at radius 2 is 1.90 bits per heavy atom. The van der Waals surface area contributed by atoms with Crippen LogP contribution in [0.1, 0.15) is 16.1 Å². The first-order valence-corrected chi connectivity index (χ1v) is 5.39. The Hall–Kier alpha value is -2.84. The van der Waals surface area contributed by atoms with Gasteiger partial charge in [-0.2, -0.15) is 13.2 Å². The summed E-state index contributed by atoms with van der Waals surface area (Å²) in [5, 5.41) is 19.6. The van der Waals surface area contributed by atoms with Crippen LogP contribution in [0.2, 0.25) is 0 Å². The first-order chi connectivity index (χ1) is 9.70. The standard InChI is InChI=1S/C12H6F3NO5/c13-12(14,15)6-1-2-7(8(5-6)16(19)20)9-3-4-10(21-9)11(17)18/h1-5H,(H,17,18). The number of nitrogens with zero attached hydrogens (tertiary/aromatic N) is 1. The van der Waals surface area contributed by atoms with E-state index in [1.165, 1.54) is 0 Å².